The van der Waals surface area contributed by atoms with Gasteiger partial charge in [-0.2, -0.15) is 0 Å². The quantitative estimate of drug-likeness (QED) is 0.858. The van der Waals surface area contributed by atoms with E-state index in [0.717, 1.165) is 11.3 Å². The zero-order chi connectivity index (χ0) is 11.9. The van der Waals surface area contributed by atoms with E-state index < -0.39 is 0 Å². The van der Waals surface area contributed by atoms with E-state index in [2.05, 4.69) is 15.9 Å². The van der Waals surface area contributed by atoms with E-state index in [1.165, 1.54) is 12.1 Å². The molecule has 1 unspecified atom stereocenters. The summed E-state index contributed by atoms with van der Waals surface area (Å²) in [5, 5.41) is 0. The van der Waals surface area contributed by atoms with Gasteiger partial charge in [0.2, 0.25) is 5.91 Å². The second-order valence-corrected chi connectivity index (χ2v) is 4.88. The standard InChI is InChI=1S/C11H12BrFN2O/c1-6-2-7(13)3-9(12)11(6)15-5-8(14)4-10(15)16/h2-3,8H,4-5,14H2,1H3. The maximum absolute atomic E-state index is 13.1. The predicted molar refractivity (Wildman–Crippen MR) is 63.8 cm³/mol. The van der Waals surface area contributed by atoms with Gasteiger partial charge in [0.1, 0.15) is 5.82 Å². The average Bonchev–Trinajstić information content (AvgIpc) is 2.43. The fraction of sp³-hybridized carbons (Fsp3) is 0.364. The van der Waals surface area contributed by atoms with Crippen molar-refractivity contribution in [2.45, 2.75) is 19.4 Å². The molecule has 1 aliphatic rings. The number of hydrogen-bond acceptors (Lipinski definition) is 2. The predicted octanol–water partition coefficient (Wildman–Crippen LogP) is 1.96. The minimum atomic E-state index is -0.316. The fourth-order valence-electron chi connectivity index (χ4n) is 1.99. The lowest BCUT2D eigenvalue weighted by Crippen LogP contribution is -2.28. The number of anilines is 1. The molecule has 3 nitrogen and oxygen atoms in total. The molecule has 2 rings (SSSR count). The maximum Gasteiger partial charge on any atom is 0.228 e. The monoisotopic (exact) mass is 286 g/mol. The Bertz CT molecular complexity index is 427. The summed E-state index contributed by atoms with van der Waals surface area (Å²) in [5.41, 5.74) is 7.18. The van der Waals surface area contributed by atoms with Gasteiger partial charge in [-0.3, -0.25) is 4.79 Å². The Hall–Kier alpha value is -0.940. The van der Waals surface area contributed by atoms with Crippen LogP contribution in [0, 0.1) is 12.7 Å². The van der Waals surface area contributed by atoms with Crippen LogP contribution in [0.3, 0.4) is 0 Å². The number of hydrogen-bond donors (Lipinski definition) is 1. The smallest absolute Gasteiger partial charge is 0.228 e. The Morgan fingerprint density at radius 3 is 2.75 bits per heavy atom. The molecular weight excluding hydrogens is 275 g/mol. The number of nitrogens with zero attached hydrogens (tertiary/aromatic N) is 1. The van der Waals surface area contributed by atoms with Gasteiger partial charge in [-0.15, -0.1) is 0 Å². The van der Waals surface area contributed by atoms with Crippen LogP contribution >= 0.6 is 15.9 Å². The Balaban J connectivity index is 2.44. The van der Waals surface area contributed by atoms with E-state index in [9.17, 15) is 9.18 Å². The molecule has 86 valence electrons. The van der Waals surface area contributed by atoms with Crippen molar-refractivity contribution in [1.29, 1.82) is 0 Å². The first-order valence-electron chi connectivity index (χ1n) is 5.00. The first kappa shape index (κ1) is 11.5. The first-order valence-corrected chi connectivity index (χ1v) is 5.80. The average molecular weight is 287 g/mol. The molecule has 1 heterocycles. The normalized spacial score (nSPS) is 20.6. The zero-order valence-electron chi connectivity index (χ0n) is 8.84. The van der Waals surface area contributed by atoms with Crippen molar-refractivity contribution in [2.24, 2.45) is 5.73 Å². The van der Waals surface area contributed by atoms with Crippen molar-refractivity contribution >= 4 is 27.5 Å². The van der Waals surface area contributed by atoms with Gasteiger partial charge in [0, 0.05) is 23.5 Å². The number of halogens is 2. The van der Waals surface area contributed by atoms with Gasteiger partial charge < -0.3 is 10.6 Å². The van der Waals surface area contributed by atoms with Crippen LogP contribution in [0.15, 0.2) is 16.6 Å². The van der Waals surface area contributed by atoms with Crippen LogP contribution in [0.1, 0.15) is 12.0 Å². The molecule has 1 atom stereocenters. The number of carbonyl (C=O) groups is 1. The van der Waals surface area contributed by atoms with Crippen molar-refractivity contribution in [3.8, 4) is 0 Å². The van der Waals surface area contributed by atoms with Gasteiger partial charge in [-0.05, 0) is 40.5 Å². The van der Waals surface area contributed by atoms with E-state index in [-0.39, 0.29) is 17.8 Å². The number of rotatable bonds is 1. The number of benzene rings is 1. The van der Waals surface area contributed by atoms with Gasteiger partial charge in [0.05, 0.1) is 5.69 Å². The van der Waals surface area contributed by atoms with E-state index in [1.54, 1.807) is 11.8 Å². The summed E-state index contributed by atoms with van der Waals surface area (Å²) in [6, 6.07) is 2.64. The third-order valence-corrected chi connectivity index (χ3v) is 3.25. The number of aryl methyl sites for hydroxylation is 1. The molecule has 16 heavy (non-hydrogen) atoms. The Labute approximate surface area is 102 Å². The van der Waals surface area contributed by atoms with Crippen LogP contribution < -0.4 is 10.6 Å². The topological polar surface area (TPSA) is 46.3 Å². The molecule has 1 aromatic carbocycles. The van der Waals surface area contributed by atoms with Crippen LogP contribution in [0.2, 0.25) is 0 Å². The number of carbonyl (C=O) groups excluding carboxylic acids is 1. The zero-order valence-corrected chi connectivity index (χ0v) is 10.4. The lowest BCUT2D eigenvalue weighted by Gasteiger charge is -2.20. The summed E-state index contributed by atoms with van der Waals surface area (Å²) < 4.78 is 13.7. The minimum absolute atomic E-state index is 0.0112. The van der Waals surface area contributed by atoms with Crippen LogP contribution in [0.4, 0.5) is 10.1 Å². The molecule has 0 aliphatic carbocycles. The molecule has 1 fully saturated rings. The minimum Gasteiger partial charge on any atom is -0.326 e. The maximum atomic E-state index is 13.1. The van der Waals surface area contributed by atoms with Crippen LogP contribution in [0.5, 0.6) is 0 Å². The Morgan fingerprint density at radius 2 is 2.25 bits per heavy atom. The van der Waals surface area contributed by atoms with Crippen molar-refractivity contribution in [3.05, 3.63) is 28.0 Å². The largest absolute Gasteiger partial charge is 0.326 e. The molecule has 1 aromatic rings. The summed E-state index contributed by atoms with van der Waals surface area (Å²) in [5.74, 6) is -0.327. The highest BCUT2D eigenvalue weighted by Gasteiger charge is 2.30. The Kier molecular flexibility index (Phi) is 2.99. The molecule has 0 spiro atoms. The number of amides is 1. The van der Waals surface area contributed by atoms with Crippen molar-refractivity contribution in [1.82, 2.24) is 0 Å². The van der Waals surface area contributed by atoms with Crippen molar-refractivity contribution < 1.29 is 9.18 Å². The van der Waals surface area contributed by atoms with Gasteiger partial charge in [0.25, 0.3) is 0 Å². The lowest BCUT2D eigenvalue weighted by atomic mass is 10.2. The van der Waals surface area contributed by atoms with Gasteiger partial charge in [-0.25, -0.2) is 4.39 Å². The highest BCUT2D eigenvalue weighted by atomic mass is 79.9. The van der Waals surface area contributed by atoms with Crippen LogP contribution in [0.25, 0.3) is 0 Å². The molecular formula is C11H12BrFN2O. The van der Waals surface area contributed by atoms with E-state index in [0.29, 0.717) is 17.4 Å². The molecule has 0 radical (unpaired) electrons. The molecule has 0 aromatic heterocycles. The molecule has 1 aliphatic heterocycles. The SMILES string of the molecule is Cc1cc(F)cc(Br)c1N1CC(N)CC1=O. The summed E-state index contributed by atoms with van der Waals surface area (Å²) in [6.07, 6.45) is 0.350. The third-order valence-electron chi connectivity index (χ3n) is 2.64. The second kappa shape index (κ2) is 4.14. The molecule has 5 heteroatoms. The number of nitrogens with two attached hydrogens (primary N) is 1. The molecule has 0 bridgehead atoms. The van der Waals surface area contributed by atoms with Crippen molar-refractivity contribution in [2.75, 3.05) is 11.4 Å². The van der Waals surface area contributed by atoms with E-state index in [1.807, 2.05) is 0 Å². The third kappa shape index (κ3) is 1.97. The summed E-state index contributed by atoms with van der Waals surface area (Å²) in [4.78, 5) is 13.3. The molecule has 0 saturated carbocycles. The first-order chi connectivity index (χ1) is 7.49. The van der Waals surface area contributed by atoms with Crippen LogP contribution in [-0.4, -0.2) is 18.5 Å². The van der Waals surface area contributed by atoms with Gasteiger partial charge in [-0.1, -0.05) is 0 Å². The summed E-state index contributed by atoms with van der Waals surface area (Å²) in [6.45, 7) is 2.27. The lowest BCUT2D eigenvalue weighted by molar-refractivity contribution is -0.117. The highest BCUT2D eigenvalue weighted by molar-refractivity contribution is 9.10. The molecule has 2 N–H and O–H groups in total. The Morgan fingerprint density at radius 1 is 1.56 bits per heavy atom. The van der Waals surface area contributed by atoms with Gasteiger partial charge in [0.15, 0.2) is 0 Å². The second-order valence-electron chi connectivity index (χ2n) is 4.02. The van der Waals surface area contributed by atoms with E-state index >= 15 is 0 Å². The summed E-state index contributed by atoms with van der Waals surface area (Å²) in [7, 11) is 0. The molecule has 1 saturated heterocycles. The highest BCUT2D eigenvalue weighted by Crippen LogP contribution is 2.33. The summed E-state index contributed by atoms with van der Waals surface area (Å²) >= 11 is 3.28. The van der Waals surface area contributed by atoms with Crippen molar-refractivity contribution in [3.63, 3.8) is 0 Å². The van der Waals surface area contributed by atoms with Crippen LogP contribution in [-0.2, 0) is 4.79 Å². The van der Waals surface area contributed by atoms with E-state index in [4.69, 9.17) is 5.73 Å². The molecule has 1 amide bonds. The fourth-order valence-corrected chi connectivity index (χ4v) is 2.73. The van der Waals surface area contributed by atoms with Gasteiger partial charge >= 0.3 is 0 Å².